The van der Waals surface area contributed by atoms with Crippen LogP contribution in [0.2, 0.25) is 0 Å². The van der Waals surface area contributed by atoms with Crippen molar-refractivity contribution in [3.63, 3.8) is 0 Å². The van der Waals surface area contributed by atoms with E-state index in [1.54, 1.807) is 7.11 Å². The average molecular weight is 333 g/mol. The van der Waals surface area contributed by atoms with Crippen molar-refractivity contribution in [2.24, 2.45) is 0 Å². The molecule has 0 atom stereocenters. The van der Waals surface area contributed by atoms with Gasteiger partial charge in [-0.25, -0.2) is 0 Å². The van der Waals surface area contributed by atoms with Gasteiger partial charge in [0.25, 0.3) is 5.91 Å². The molecule has 0 fully saturated rings. The minimum atomic E-state index is -0.445. The molecule has 0 radical (unpaired) electrons. The van der Waals surface area contributed by atoms with E-state index in [1.165, 1.54) is 20.4 Å². The molecular formula is C17H23N3O4. The molecule has 0 aliphatic heterocycles. The fraction of sp³-hybridized carbons (Fsp3) is 0.412. The predicted molar refractivity (Wildman–Crippen MR) is 89.2 cm³/mol. The number of methoxy groups -OCH3 is 3. The van der Waals surface area contributed by atoms with E-state index in [0.29, 0.717) is 19.5 Å². The first-order valence-electron chi connectivity index (χ1n) is 7.45. The van der Waals surface area contributed by atoms with Crippen LogP contribution in [0, 0.1) is 11.3 Å². The highest BCUT2D eigenvalue weighted by atomic mass is 16.7. The summed E-state index contributed by atoms with van der Waals surface area (Å²) in [5.74, 6) is 0.360. The summed E-state index contributed by atoms with van der Waals surface area (Å²) >= 11 is 0. The number of hydrogen-bond donors (Lipinski definition) is 2. The lowest BCUT2D eigenvalue weighted by Gasteiger charge is -2.12. The molecule has 1 aromatic rings. The molecule has 0 aliphatic carbocycles. The van der Waals surface area contributed by atoms with Gasteiger partial charge < -0.3 is 24.8 Å². The summed E-state index contributed by atoms with van der Waals surface area (Å²) in [6, 6.07) is 9.46. The smallest absolute Gasteiger partial charge is 0.263 e. The molecule has 2 N–H and O–H groups in total. The quantitative estimate of drug-likeness (QED) is 0.376. The summed E-state index contributed by atoms with van der Waals surface area (Å²) in [4.78, 5) is 12.0. The summed E-state index contributed by atoms with van der Waals surface area (Å²) in [5.41, 5.74) is 1.07. The molecule has 0 bridgehead atoms. The molecule has 7 nitrogen and oxygen atoms in total. The molecule has 130 valence electrons. The molecule has 24 heavy (non-hydrogen) atoms. The topological polar surface area (TPSA) is 92.6 Å². The number of carbonyl (C=O) groups excluding carboxylic acids is 1. The van der Waals surface area contributed by atoms with Gasteiger partial charge in [-0.05, 0) is 24.1 Å². The van der Waals surface area contributed by atoms with Crippen molar-refractivity contribution < 1.29 is 19.0 Å². The maximum Gasteiger partial charge on any atom is 0.263 e. The number of benzene rings is 1. The third-order valence-corrected chi connectivity index (χ3v) is 3.28. The molecule has 0 heterocycles. The Morgan fingerprint density at radius 3 is 2.46 bits per heavy atom. The first-order valence-corrected chi connectivity index (χ1v) is 7.45. The number of nitriles is 1. The molecule has 1 aromatic carbocycles. The van der Waals surface area contributed by atoms with Gasteiger partial charge in [-0.3, -0.25) is 4.79 Å². The fourth-order valence-corrected chi connectivity index (χ4v) is 1.88. The number of amides is 1. The molecule has 1 amide bonds. The first-order chi connectivity index (χ1) is 11.6. The Morgan fingerprint density at radius 2 is 1.92 bits per heavy atom. The monoisotopic (exact) mass is 333 g/mol. The normalized spacial score (nSPS) is 11.0. The zero-order valence-corrected chi connectivity index (χ0v) is 14.2. The second-order valence-corrected chi connectivity index (χ2v) is 4.83. The second kappa shape index (κ2) is 11.0. The molecule has 0 unspecified atom stereocenters. The number of ether oxygens (including phenoxy) is 3. The SMILES string of the molecule is COc1ccc(CCNC(=O)/C(C#N)=C\NCC(OC)OC)cc1. The lowest BCUT2D eigenvalue weighted by Crippen LogP contribution is -2.30. The second-order valence-electron chi connectivity index (χ2n) is 4.83. The number of nitrogens with one attached hydrogen (secondary N) is 2. The van der Waals surface area contributed by atoms with E-state index in [4.69, 9.17) is 19.5 Å². The van der Waals surface area contributed by atoms with Crippen LogP contribution in [0.3, 0.4) is 0 Å². The van der Waals surface area contributed by atoms with E-state index in [2.05, 4.69) is 10.6 Å². The van der Waals surface area contributed by atoms with Crippen molar-refractivity contribution in [1.82, 2.24) is 10.6 Å². The number of rotatable bonds is 10. The predicted octanol–water partition coefficient (Wildman–Crippen LogP) is 0.970. The van der Waals surface area contributed by atoms with Gasteiger partial charge in [0.15, 0.2) is 6.29 Å². The van der Waals surface area contributed by atoms with Crippen molar-refractivity contribution in [2.45, 2.75) is 12.7 Å². The third-order valence-electron chi connectivity index (χ3n) is 3.28. The summed E-state index contributed by atoms with van der Waals surface area (Å²) < 4.78 is 15.1. The average Bonchev–Trinajstić information content (AvgIpc) is 2.62. The summed E-state index contributed by atoms with van der Waals surface area (Å²) in [5, 5.41) is 14.6. The molecule has 0 aromatic heterocycles. The van der Waals surface area contributed by atoms with Crippen LogP contribution in [-0.2, 0) is 20.7 Å². The Labute approximate surface area is 142 Å². The largest absolute Gasteiger partial charge is 0.497 e. The highest BCUT2D eigenvalue weighted by Crippen LogP contribution is 2.11. The van der Waals surface area contributed by atoms with E-state index in [-0.39, 0.29) is 5.57 Å². The molecule has 1 rings (SSSR count). The van der Waals surface area contributed by atoms with Gasteiger partial charge in [0.2, 0.25) is 0 Å². The van der Waals surface area contributed by atoms with Gasteiger partial charge in [-0.2, -0.15) is 5.26 Å². The van der Waals surface area contributed by atoms with Crippen LogP contribution in [0.5, 0.6) is 5.75 Å². The Balaban J connectivity index is 2.42. The van der Waals surface area contributed by atoms with E-state index in [0.717, 1.165) is 11.3 Å². The van der Waals surface area contributed by atoms with E-state index in [9.17, 15) is 4.79 Å². The lowest BCUT2D eigenvalue weighted by molar-refractivity contribution is -0.117. The summed E-state index contributed by atoms with van der Waals surface area (Å²) in [6.07, 6.45) is 1.57. The molecule has 0 saturated carbocycles. The van der Waals surface area contributed by atoms with Gasteiger partial charge in [-0.15, -0.1) is 0 Å². The Bertz CT molecular complexity index is 574. The number of hydrogen-bond acceptors (Lipinski definition) is 6. The van der Waals surface area contributed by atoms with Crippen molar-refractivity contribution in [1.29, 1.82) is 5.26 Å². The van der Waals surface area contributed by atoms with E-state index in [1.807, 2.05) is 30.3 Å². The van der Waals surface area contributed by atoms with Gasteiger partial charge >= 0.3 is 0 Å². The fourth-order valence-electron chi connectivity index (χ4n) is 1.88. The summed E-state index contributed by atoms with van der Waals surface area (Å²) in [6.45, 7) is 0.764. The molecule has 0 saturated heterocycles. The van der Waals surface area contributed by atoms with Crippen LogP contribution in [0.15, 0.2) is 36.0 Å². The van der Waals surface area contributed by atoms with Crippen molar-refractivity contribution in [3.05, 3.63) is 41.6 Å². The Kier molecular flexibility index (Phi) is 8.97. The van der Waals surface area contributed by atoms with Crippen molar-refractivity contribution in [3.8, 4) is 11.8 Å². The van der Waals surface area contributed by atoms with Gasteiger partial charge in [0.05, 0.1) is 13.7 Å². The zero-order chi connectivity index (χ0) is 17.8. The third kappa shape index (κ3) is 6.69. The zero-order valence-electron chi connectivity index (χ0n) is 14.2. The highest BCUT2D eigenvalue weighted by Gasteiger charge is 2.09. The lowest BCUT2D eigenvalue weighted by atomic mass is 10.1. The minimum absolute atomic E-state index is 0.00399. The number of nitrogens with zero attached hydrogens (tertiary/aromatic N) is 1. The van der Waals surface area contributed by atoms with Crippen molar-refractivity contribution in [2.75, 3.05) is 34.4 Å². The van der Waals surface area contributed by atoms with E-state index < -0.39 is 12.2 Å². The molecular weight excluding hydrogens is 310 g/mol. The van der Waals surface area contributed by atoms with Crippen molar-refractivity contribution >= 4 is 5.91 Å². The van der Waals surface area contributed by atoms with E-state index >= 15 is 0 Å². The van der Waals surface area contributed by atoms with Crippen LogP contribution >= 0.6 is 0 Å². The highest BCUT2D eigenvalue weighted by molar-refractivity contribution is 5.97. The standard InChI is InChI=1S/C17H23N3O4/c1-22-15-6-4-13(5-7-15)8-9-20-17(21)14(10-18)11-19-12-16(23-2)24-3/h4-7,11,16,19H,8-9,12H2,1-3H3,(H,20,21)/b14-11-. The molecule has 0 spiro atoms. The minimum Gasteiger partial charge on any atom is -0.497 e. The van der Waals surface area contributed by atoms with Gasteiger partial charge in [0.1, 0.15) is 17.4 Å². The van der Waals surface area contributed by atoms with Gasteiger partial charge in [-0.1, -0.05) is 12.1 Å². The summed E-state index contributed by atoms with van der Waals surface area (Å²) in [7, 11) is 4.63. The molecule has 0 aliphatic rings. The van der Waals surface area contributed by atoms with Gasteiger partial charge in [0, 0.05) is 27.0 Å². The molecule has 7 heteroatoms. The van der Waals surface area contributed by atoms with Crippen LogP contribution in [0.4, 0.5) is 0 Å². The maximum absolute atomic E-state index is 12.0. The maximum atomic E-state index is 12.0. The van der Waals surface area contributed by atoms with Crippen LogP contribution in [0.1, 0.15) is 5.56 Å². The number of carbonyl (C=O) groups is 1. The van der Waals surface area contributed by atoms with Crippen LogP contribution in [-0.4, -0.2) is 46.6 Å². The van der Waals surface area contributed by atoms with Crippen LogP contribution in [0.25, 0.3) is 0 Å². The first kappa shape index (κ1) is 19.5. The Morgan fingerprint density at radius 1 is 1.25 bits per heavy atom. The Hall–Kier alpha value is -2.56. The van der Waals surface area contributed by atoms with Crippen LogP contribution < -0.4 is 15.4 Å².